The summed E-state index contributed by atoms with van der Waals surface area (Å²) < 4.78 is 7.65. The summed E-state index contributed by atoms with van der Waals surface area (Å²) in [6, 6.07) is 8.18. The van der Waals surface area contributed by atoms with Crippen molar-refractivity contribution in [3.8, 4) is 5.75 Å². The molecule has 1 fully saturated rings. The summed E-state index contributed by atoms with van der Waals surface area (Å²) >= 11 is 0. The Hall–Kier alpha value is -2.30. The molecule has 5 heteroatoms. The van der Waals surface area contributed by atoms with E-state index in [2.05, 4.69) is 18.1 Å². The number of carbonyl (C=O) groups excluding carboxylic acids is 1. The van der Waals surface area contributed by atoms with Gasteiger partial charge in [0.25, 0.3) is 5.91 Å². The van der Waals surface area contributed by atoms with Crippen molar-refractivity contribution in [1.29, 1.82) is 0 Å². The Morgan fingerprint density at radius 3 is 2.83 bits per heavy atom. The maximum absolute atomic E-state index is 12.6. The monoisotopic (exact) mass is 311 g/mol. The van der Waals surface area contributed by atoms with Gasteiger partial charge in [0.05, 0.1) is 18.3 Å². The second-order valence-electron chi connectivity index (χ2n) is 6.51. The molecule has 2 aliphatic heterocycles. The highest BCUT2D eigenvalue weighted by Gasteiger charge is 2.34. The topological polar surface area (TPSA) is 47.4 Å². The molecular weight excluding hydrogens is 290 g/mol. The van der Waals surface area contributed by atoms with E-state index in [0.717, 1.165) is 60.8 Å². The van der Waals surface area contributed by atoms with Crippen molar-refractivity contribution in [3.05, 3.63) is 46.8 Å². The molecule has 23 heavy (non-hydrogen) atoms. The Morgan fingerprint density at radius 1 is 1.26 bits per heavy atom. The molecule has 5 nitrogen and oxygen atoms in total. The summed E-state index contributed by atoms with van der Waals surface area (Å²) in [7, 11) is 0. The van der Waals surface area contributed by atoms with E-state index in [4.69, 9.17) is 4.74 Å². The molecule has 2 aliphatic rings. The zero-order valence-electron chi connectivity index (χ0n) is 13.6. The van der Waals surface area contributed by atoms with Crippen LogP contribution in [0.3, 0.4) is 0 Å². The van der Waals surface area contributed by atoms with E-state index in [9.17, 15) is 4.79 Å². The van der Waals surface area contributed by atoms with Crippen molar-refractivity contribution < 1.29 is 9.53 Å². The predicted molar refractivity (Wildman–Crippen MR) is 86.9 cm³/mol. The molecule has 1 saturated heterocycles. The summed E-state index contributed by atoms with van der Waals surface area (Å²) in [5.41, 5.74) is 4.10. The molecule has 0 saturated carbocycles. The Morgan fingerprint density at radius 2 is 2.09 bits per heavy atom. The van der Waals surface area contributed by atoms with Gasteiger partial charge in [-0.3, -0.25) is 9.48 Å². The second-order valence-corrected chi connectivity index (χ2v) is 6.51. The third-order valence-corrected chi connectivity index (χ3v) is 4.70. The third kappa shape index (κ3) is 2.50. The van der Waals surface area contributed by atoms with Crippen LogP contribution in [0.2, 0.25) is 0 Å². The van der Waals surface area contributed by atoms with Gasteiger partial charge in [0.2, 0.25) is 0 Å². The number of nitrogens with zero attached hydrogens (tertiary/aromatic N) is 3. The fraction of sp³-hybridized carbons (Fsp3) is 0.444. The number of aryl methyl sites for hydroxylation is 3. The molecule has 2 aromatic rings. The molecule has 0 atom stereocenters. The number of amides is 1. The average Bonchev–Trinajstić information content (AvgIpc) is 2.83. The van der Waals surface area contributed by atoms with Crippen molar-refractivity contribution in [2.45, 2.75) is 32.7 Å². The predicted octanol–water partition coefficient (Wildman–Crippen LogP) is 2.52. The normalized spacial score (nSPS) is 17.4. The minimum absolute atomic E-state index is 0.108. The van der Waals surface area contributed by atoms with E-state index in [1.807, 2.05) is 34.7 Å². The molecular formula is C18H21N3O2. The van der Waals surface area contributed by atoms with Gasteiger partial charge in [0.1, 0.15) is 5.75 Å². The lowest BCUT2D eigenvalue weighted by molar-refractivity contribution is 0.0497. The van der Waals surface area contributed by atoms with Gasteiger partial charge in [-0.25, -0.2) is 0 Å². The van der Waals surface area contributed by atoms with Crippen LogP contribution in [0.1, 0.15) is 39.8 Å². The average molecular weight is 311 g/mol. The van der Waals surface area contributed by atoms with Crippen LogP contribution in [-0.2, 0) is 6.42 Å². The van der Waals surface area contributed by atoms with Gasteiger partial charge >= 0.3 is 0 Å². The lowest BCUT2D eigenvalue weighted by atomic mass is 10.0. The van der Waals surface area contributed by atoms with Crippen LogP contribution < -0.4 is 4.74 Å². The Kier molecular flexibility index (Phi) is 3.36. The Labute approximate surface area is 135 Å². The largest absolute Gasteiger partial charge is 0.493 e. The first-order chi connectivity index (χ1) is 11.1. The number of hydrogen-bond donors (Lipinski definition) is 0. The molecule has 3 heterocycles. The van der Waals surface area contributed by atoms with E-state index in [-0.39, 0.29) is 5.91 Å². The smallest absolute Gasteiger partial charge is 0.254 e. The first kappa shape index (κ1) is 14.3. The zero-order valence-corrected chi connectivity index (χ0v) is 13.6. The molecule has 0 spiro atoms. The highest BCUT2D eigenvalue weighted by Crippen LogP contribution is 2.28. The Balaban J connectivity index is 1.46. The molecule has 0 aliphatic carbocycles. The quantitative estimate of drug-likeness (QED) is 0.856. The van der Waals surface area contributed by atoms with Gasteiger partial charge in [-0.05, 0) is 56.5 Å². The molecule has 0 N–H and O–H groups in total. The summed E-state index contributed by atoms with van der Waals surface area (Å²) in [6.45, 7) is 6.30. The van der Waals surface area contributed by atoms with E-state index >= 15 is 0 Å². The standard InChI is InChI=1S/C18H21N3O2/c1-12-8-13(2)21(19-12)16-10-20(11-16)18(22)15-5-6-17-14(9-15)4-3-7-23-17/h5-6,8-9,16H,3-4,7,10-11H2,1-2H3. The third-order valence-electron chi connectivity index (χ3n) is 4.70. The van der Waals surface area contributed by atoms with Crippen molar-refractivity contribution in [2.24, 2.45) is 0 Å². The molecule has 120 valence electrons. The summed E-state index contributed by atoms with van der Waals surface area (Å²) in [6.07, 6.45) is 2.01. The van der Waals surface area contributed by atoms with Crippen LogP contribution in [0.25, 0.3) is 0 Å². The Bertz CT molecular complexity index is 760. The van der Waals surface area contributed by atoms with Gasteiger partial charge in [0.15, 0.2) is 0 Å². The van der Waals surface area contributed by atoms with Gasteiger partial charge in [-0.2, -0.15) is 5.10 Å². The highest BCUT2D eigenvalue weighted by atomic mass is 16.5. The van der Waals surface area contributed by atoms with Gasteiger partial charge in [-0.15, -0.1) is 0 Å². The number of benzene rings is 1. The number of carbonyl (C=O) groups is 1. The van der Waals surface area contributed by atoms with Crippen molar-refractivity contribution in [1.82, 2.24) is 14.7 Å². The van der Waals surface area contributed by atoms with E-state index in [1.165, 1.54) is 0 Å². The van der Waals surface area contributed by atoms with E-state index in [0.29, 0.717) is 6.04 Å². The minimum Gasteiger partial charge on any atom is -0.493 e. The number of rotatable bonds is 2. The van der Waals surface area contributed by atoms with Crippen LogP contribution in [0.5, 0.6) is 5.75 Å². The lowest BCUT2D eigenvalue weighted by Crippen LogP contribution is -2.51. The fourth-order valence-electron chi connectivity index (χ4n) is 3.47. The number of likely N-dealkylation sites (tertiary alicyclic amines) is 1. The molecule has 0 unspecified atom stereocenters. The first-order valence-corrected chi connectivity index (χ1v) is 8.19. The summed E-state index contributed by atoms with van der Waals surface area (Å²) in [4.78, 5) is 14.5. The van der Waals surface area contributed by atoms with E-state index < -0.39 is 0 Å². The molecule has 1 aromatic heterocycles. The van der Waals surface area contributed by atoms with Crippen LogP contribution in [0, 0.1) is 13.8 Å². The highest BCUT2D eigenvalue weighted by molar-refractivity contribution is 5.95. The maximum Gasteiger partial charge on any atom is 0.254 e. The summed E-state index contributed by atoms with van der Waals surface area (Å²) in [5.74, 6) is 1.04. The van der Waals surface area contributed by atoms with Gasteiger partial charge in [0, 0.05) is 24.3 Å². The van der Waals surface area contributed by atoms with Crippen LogP contribution >= 0.6 is 0 Å². The number of hydrogen-bond acceptors (Lipinski definition) is 3. The van der Waals surface area contributed by atoms with Crippen molar-refractivity contribution >= 4 is 5.91 Å². The molecule has 1 aromatic carbocycles. The van der Waals surface area contributed by atoms with Crippen molar-refractivity contribution in [2.75, 3.05) is 19.7 Å². The molecule has 0 radical (unpaired) electrons. The van der Waals surface area contributed by atoms with Crippen LogP contribution in [0.4, 0.5) is 0 Å². The number of aromatic nitrogens is 2. The molecule has 0 bridgehead atoms. The minimum atomic E-state index is 0.108. The van der Waals surface area contributed by atoms with Crippen LogP contribution in [-0.4, -0.2) is 40.3 Å². The molecule has 4 rings (SSSR count). The van der Waals surface area contributed by atoms with Gasteiger partial charge < -0.3 is 9.64 Å². The van der Waals surface area contributed by atoms with Crippen molar-refractivity contribution in [3.63, 3.8) is 0 Å². The van der Waals surface area contributed by atoms with E-state index in [1.54, 1.807) is 0 Å². The first-order valence-electron chi connectivity index (χ1n) is 8.19. The zero-order chi connectivity index (χ0) is 16.0. The molecule has 1 amide bonds. The second kappa shape index (κ2) is 5.41. The van der Waals surface area contributed by atoms with Crippen LogP contribution in [0.15, 0.2) is 24.3 Å². The SMILES string of the molecule is Cc1cc(C)n(C2CN(C(=O)c3ccc4c(c3)CCCO4)C2)n1. The number of ether oxygens (including phenoxy) is 1. The maximum atomic E-state index is 12.6. The fourth-order valence-corrected chi connectivity index (χ4v) is 3.47. The summed E-state index contributed by atoms with van der Waals surface area (Å²) in [5, 5.41) is 4.52. The van der Waals surface area contributed by atoms with Gasteiger partial charge in [-0.1, -0.05) is 0 Å². The lowest BCUT2D eigenvalue weighted by Gasteiger charge is -2.39. The number of fused-ring (bicyclic) bond motifs is 1.